The van der Waals surface area contributed by atoms with Crippen molar-refractivity contribution in [2.24, 2.45) is 5.92 Å². The maximum atomic E-state index is 12.9. The smallest absolute Gasteiger partial charge is 0.253 e. The van der Waals surface area contributed by atoms with Gasteiger partial charge in [-0.2, -0.15) is 0 Å². The zero-order chi connectivity index (χ0) is 19.0. The predicted octanol–water partition coefficient (Wildman–Crippen LogP) is 2.48. The lowest BCUT2D eigenvalue weighted by Crippen LogP contribution is -2.41. The van der Waals surface area contributed by atoms with Crippen LogP contribution in [-0.2, 0) is 0 Å². The summed E-state index contributed by atoms with van der Waals surface area (Å²) in [5.74, 6) is 0.852. The summed E-state index contributed by atoms with van der Waals surface area (Å²) in [7, 11) is 1.87. The lowest BCUT2D eigenvalue weighted by atomic mass is 10.0. The minimum atomic E-state index is 0.0341. The van der Waals surface area contributed by atoms with E-state index >= 15 is 0 Å². The molecule has 2 aliphatic rings. The van der Waals surface area contributed by atoms with Gasteiger partial charge in [-0.1, -0.05) is 12.1 Å². The molecule has 1 amide bonds. The third kappa shape index (κ3) is 4.01. The van der Waals surface area contributed by atoms with E-state index in [2.05, 4.69) is 20.8 Å². The van der Waals surface area contributed by atoms with Gasteiger partial charge in [0.15, 0.2) is 0 Å². The minimum Gasteiger partial charge on any atom is -0.340 e. The predicted molar refractivity (Wildman–Crippen MR) is 105 cm³/mol. The molecule has 1 saturated carbocycles. The summed E-state index contributed by atoms with van der Waals surface area (Å²) in [4.78, 5) is 23.7. The fourth-order valence-electron chi connectivity index (χ4n) is 3.82. The van der Waals surface area contributed by atoms with Crippen molar-refractivity contribution in [2.45, 2.75) is 45.2 Å². The Hall–Kier alpha value is -2.31. The van der Waals surface area contributed by atoms with Gasteiger partial charge in [-0.3, -0.25) is 20.6 Å². The number of likely N-dealkylation sites (N-methyl/N-ethyl adjacent to an activating group) is 1. The van der Waals surface area contributed by atoms with Crippen molar-refractivity contribution >= 4 is 5.91 Å². The molecule has 0 bridgehead atoms. The third-order valence-electron chi connectivity index (χ3n) is 5.50. The number of hydrazine groups is 1. The number of hydrogen-bond acceptors (Lipinski definition) is 5. The van der Waals surface area contributed by atoms with E-state index in [1.54, 1.807) is 6.20 Å². The lowest BCUT2D eigenvalue weighted by Gasteiger charge is -2.21. The molecule has 2 unspecified atom stereocenters. The first kappa shape index (κ1) is 18.1. The van der Waals surface area contributed by atoms with Crippen molar-refractivity contribution in [2.75, 3.05) is 13.6 Å². The molecular formula is C21H27N5O. The van der Waals surface area contributed by atoms with E-state index < -0.39 is 0 Å². The lowest BCUT2D eigenvalue weighted by molar-refractivity contribution is 0.0783. The first-order valence-corrected chi connectivity index (χ1v) is 9.68. The second-order valence-electron chi connectivity index (χ2n) is 7.88. The van der Waals surface area contributed by atoms with Gasteiger partial charge in [-0.15, -0.1) is 0 Å². The molecule has 1 aliphatic heterocycles. The molecule has 27 heavy (non-hydrogen) atoms. The van der Waals surface area contributed by atoms with Gasteiger partial charge in [0.25, 0.3) is 5.91 Å². The molecule has 2 fully saturated rings. The first-order chi connectivity index (χ1) is 13.0. The van der Waals surface area contributed by atoms with Gasteiger partial charge in [-0.25, -0.2) is 4.98 Å². The molecule has 2 N–H and O–H groups in total. The Balaban J connectivity index is 1.46. The molecule has 1 aromatic carbocycles. The monoisotopic (exact) mass is 365 g/mol. The number of hydrogen-bond donors (Lipinski definition) is 2. The molecule has 0 spiro atoms. The Morgan fingerprint density at radius 3 is 2.85 bits per heavy atom. The van der Waals surface area contributed by atoms with Crippen LogP contribution in [0.15, 0.2) is 30.5 Å². The van der Waals surface area contributed by atoms with Crippen LogP contribution in [0.5, 0.6) is 0 Å². The summed E-state index contributed by atoms with van der Waals surface area (Å²) in [5, 5.41) is 0. The summed E-state index contributed by atoms with van der Waals surface area (Å²) in [6.45, 7) is 4.57. The number of nitrogens with one attached hydrogen (secondary N) is 2. The van der Waals surface area contributed by atoms with Crippen LogP contribution in [0.1, 0.15) is 41.0 Å². The summed E-state index contributed by atoms with van der Waals surface area (Å²) in [6.07, 6.45) is 5.50. The number of carbonyl (C=O) groups excluding carboxylic acids is 1. The highest BCUT2D eigenvalue weighted by molar-refractivity contribution is 5.95. The number of amides is 1. The van der Waals surface area contributed by atoms with Gasteiger partial charge in [0.1, 0.15) is 0 Å². The summed E-state index contributed by atoms with van der Waals surface area (Å²) in [6, 6.07) is 8.55. The molecule has 2 heterocycles. The fourth-order valence-corrected chi connectivity index (χ4v) is 3.82. The van der Waals surface area contributed by atoms with Crippen molar-refractivity contribution in [3.8, 4) is 11.3 Å². The van der Waals surface area contributed by atoms with E-state index in [4.69, 9.17) is 0 Å². The Bertz CT molecular complexity index is 848. The van der Waals surface area contributed by atoms with Gasteiger partial charge < -0.3 is 4.90 Å². The SMILES string of the molecule is Cc1cnc(C)c(-c2cccc(C(=O)N(C)CC3CC(C4CC4)NN3)c2)n1. The van der Waals surface area contributed by atoms with Crippen LogP contribution in [0.3, 0.4) is 0 Å². The highest BCUT2D eigenvalue weighted by atomic mass is 16.2. The summed E-state index contributed by atoms with van der Waals surface area (Å²) >= 11 is 0. The van der Waals surface area contributed by atoms with Crippen molar-refractivity contribution in [3.63, 3.8) is 0 Å². The van der Waals surface area contributed by atoms with E-state index in [9.17, 15) is 4.79 Å². The summed E-state index contributed by atoms with van der Waals surface area (Å²) in [5.41, 5.74) is 10.9. The van der Waals surface area contributed by atoms with Gasteiger partial charge in [0, 0.05) is 43.0 Å². The minimum absolute atomic E-state index is 0.0341. The van der Waals surface area contributed by atoms with Gasteiger partial charge in [0.2, 0.25) is 0 Å². The average Bonchev–Trinajstić information content (AvgIpc) is 3.42. The molecule has 1 saturated heterocycles. The zero-order valence-corrected chi connectivity index (χ0v) is 16.2. The molecule has 2 aromatic rings. The maximum Gasteiger partial charge on any atom is 0.253 e. The topological polar surface area (TPSA) is 70.2 Å². The second kappa shape index (κ2) is 7.37. The number of aromatic nitrogens is 2. The number of carbonyl (C=O) groups is 1. The molecule has 142 valence electrons. The van der Waals surface area contributed by atoms with Crippen molar-refractivity contribution < 1.29 is 4.79 Å². The van der Waals surface area contributed by atoms with Crippen LogP contribution in [-0.4, -0.2) is 46.5 Å². The quantitative estimate of drug-likeness (QED) is 0.852. The molecule has 0 radical (unpaired) electrons. The maximum absolute atomic E-state index is 12.9. The second-order valence-corrected chi connectivity index (χ2v) is 7.88. The van der Waals surface area contributed by atoms with E-state index in [1.807, 2.05) is 50.1 Å². The largest absolute Gasteiger partial charge is 0.340 e. The molecule has 1 aliphatic carbocycles. The Kier molecular flexibility index (Phi) is 4.93. The van der Waals surface area contributed by atoms with Crippen molar-refractivity contribution in [3.05, 3.63) is 47.4 Å². The Morgan fingerprint density at radius 2 is 2.07 bits per heavy atom. The van der Waals surface area contributed by atoms with E-state index in [0.717, 1.165) is 35.0 Å². The highest BCUT2D eigenvalue weighted by Crippen LogP contribution is 2.35. The summed E-state index contributed by atoms with van der Waals surface area (Å²) < 4.78 is 0. The standard InChI is InChI=1S/C21H27N5O/c1-13-11-22-14(2)20(23-13)16-5-4-6-17(9-16)21(27)26(3)12-18-10-19(25-24-18)15-7-8-15/h4-6,9,11,15,18-19,24-25H,7-8,10,12H2,1-3H3. The van der Waals surface area contributed by atoms with Crippen molar-refractivity contribution in [1.29, 1.82) is 0 Å². The normalized spacial score (nSPS) is 22.0. The molecule has 6 heteroatoms. The highest BCUT2D eigenvalue weighted by Gasteiger charge is 2.37. The third-order valence-corrected chi connectivity index (χ3v) is 5.50. The molecule has 2 atom stereocenters. The molecule has 1 aromatic heterocycles. The van der Waals surface area contributed by atoms with Crippen LogP contribution < -0.4 is 10.9 Å². The Morgan fingerprint density at radius 1 is 1.26 bits per heavy atom. The van der Waals surface area contributed by atoms with Crippen LogP contribution in [0.2, 0.25) is 0 Å². The van der Waals surface area contributed by atoms with Crippen LogP contribution >= 0.6 is 0 Å². The first-order valence-electron chi connectivity index (χ1n) is 9.68. The van der Waals surface area contributed by atoms with Gasteiger partial charge >= 0.3 is 0 Å². The average molecular weight is 365 g/mol. The van der Waals surface area contributed by atoms with E-state index in [-0.39, 0.29) is 5.91 Å². The number of aryl methyl sites for hydroxylation is 2. The van der Waals surface area contributed by atoms with E-state index in [0.29, 0.717) is 24.2 Å². The molecule has 6 nitrogen and oxygen atoms in total. The zero-order valence-electron chi connectivity index (χ0n) is 16.2. The number of benzene rings is 1. The Labute approximate surface area is 160 Å². The van der Waals surface area contributed by atoms with Crippen LogP contribution in [0.25, 0.3) is 11.3 Å². The van der Waals surface area contributed by atoms with Crippen molar-refractivity contribution in [1.82, 2.24) is 25.7 Å². The fraction of sp³-hybridized carbons (Fsp3) is 0.476. The molecule has 4 rings (SSSR count). The van der Waals surface area contributed by atoms with Gasteiger partial charge in [0.05, 0.1) is 17.1 Å². The van der Waals surface area contributed by atoms with Crippen LogP contribution in [0.4, 0.5) is 0 Å². The van der Waals surface area contributed by atoms with Crippen LogP contribution in [0, 0.1) is 19.8 Å². The van der Waals surface area contributed by atoms with Gasteiger partial charge in [-0.05, 0) is 51.2 Å². The molecular weight excluding hydrogens is 338 g/mol. The number of nitrogens with zero attached hydrogens (tertiary/aromatic N) is 3. The number of rotatable bonds is 5. The van der Waals surface area contributed by atoms with E-state index in [1.165, 1.54) is 12.8 Å².